The smallest absolute Gasteiger partial charge is 0.322 e. The van der Waals surface area contributed by atoms with Crippen LogP contribution in [0.15, 0.2) is 42.6 Å². The third-order valence-corrected chi connectivity index (χ3v) is 4.79. The maximum absolute atomic E-state index is 12.9. The Labute approximate surface area is 153 Å². The molecule has 0 aliphatic carbocycles. The maximum Gasteiger partial charge on any atom is 0.322 e. The Hall–Kier alpha value is -2.44. The number of rotatable bonds is 5. The molecule has 1 saturated heterocycles. The van der Waals surface area contributed by atoms with Crippen LogP contribution in [-0.2, 0) is 29.2 Å². The third-order valence-electron chi connectivity index (χ3n) is 4.79. The summed E-state index contributed by atoms with van der Waals surface area (Å²) >= 11 is 0. The van der Waals surface area contributed by atoms with Gasteiger partial charge in [0.1, 0.15) is 0 Å². The summed E-state index contributed by atoms with van der Waals surface area (Å²) in [5.41, 5.74) is 3.98. The summed E-state index contributed by atoms with van der Waals surface area (Å²) in [6.07, 6.45) is 3.88. The Morgan fingerprint density at radius 2 is 2.15 bits per heavy atom. The van der Waals surface area contributed by atoms with Gasteiger partial charge in [0.2, 0.25) is 0 Å². The number of pyridine rings is 1. The molecule has 1 aromatic carbocycles. The standard InChI is InChI=1S/C20H23N3O3/c24-20(22-17-7-6-15-13-25-14-16(15)10-17)23(12-19-5-3-9-26-19)11-18-4-1-2-8-21-18/h1-2,4,6-8,10,19H,3,5,9,11-14H2,(H,22,24)/t19-/m1/s1. The van der Waals surface area contributed by atoms with Crippen LogP contribution in [0.25, 0.3) is 0 Å². The van der Waals surface area contributed by atoms with Gasteiger partial charge in [-0.15, -0.1) is 0 Å². The molecule has 0 bridgehead atoms. The number of carbonyl (C=O) groups excluding carboxylic acids is 1. The quantitative estimate of drug-likeness (QED) is 0.896. The summed E-state index contributed by atoms with van der Waals surface area (Å²) in [6.45, 7) is 3.05. The summed E-state index contributed by atoms with van der Waals surface area (Å²) in [6, 6.07) is 11.5. The summed E-state index contributed by atoms with van der Waals surface area (Å²) in [5.74, 6) is 0. The molecule has 0 spiro atoms. The molecular formula is C20H23N3O3. The zero-order valence-electron chi connectivity index (χ0n) is 14.7. The molecule has 2 aromatic rings. The second-order valence-corrected chi connectivity index (χ2v) is 6.74. The van der Waals surface area contributed by atoms with Crippen molar-refractivity contribution in [1.82, 2.24) is 9.88 Å². The number of nitrogens with zero attached hydrogens (tertiary/aromatic N) is 2. The lowest BCUT2D eigenvalue weighted by atomic mass is 10.1. The molecule has 26 heavy (non-hydrogen) atoms. The molecule has 3 heterocycles. The van der Waals surface area contributed by atoms with Crippen LogP contribution in [0.3, 0.4) is 0 Å². The molecule has 2 amide bonds. The van der Waals surface area contributed by atoms with Crippen LogP contribution < -0.4 is 5.32 Å². The monoisotopic (exact) mass is 353 g/mol. The number of urea groups is 1. The van der Waals surface area contributed by atoms with Crippen molar-refractivity contribution in [3.63, 3.8) is 0 Å². The number of amides is 2. The molecule has 1 N–H and O–H groups in total. The van der Waals surface area contributed by atoms with E-state index in [1.807, 2.05) is 36.4 Å². The van der Waals surface area contributed by atoms with Gasteiger partial charge in [-0.05, 0) is 48.2 Å². The zero-order chi connectivity index (χ0) is 17.8. The van der Waals surface area contributed by atoms with E-state index in [4.69, 9.17) is 9.47 Å². The number of benzene rings is 1. The first-order valence-electron chi connectivity index (χ1n) is 9.05. The lowest BCUT2D eigenvalue weighted by Gasteiger charge is -2.25. The van der Waals surface area contributed by atoms with E-state index in [1.54, 1.807) is 11.1 Å². The SMILES string of the molecule is O=C(Nc1ccc2c(c1)COC2)N(Cc1ccccn1)C[C@H]1CCCO1. The Bertz CT molecular complexity index is 760. The van der Waals surface area contributed by atoms with Crippen LogP contribution in [-0.4, -0.2) is 35.2 Å². The Kier molecular flexibility index (Phi) is 5.13. The third kappa shape index (κ3) is 4.03. The van der Waals surface area contributed by atoms with E-state index in [0.29, 0.717) is 26.3 Å². The van der Waals surface area contributed by atoms with Gasteiger partial charge in [0.15, 0.2) is 0 Å². The van der Waals surface area contributed by atoms with Crippen molar-refractivity contribution >= 4 is 11.7 Å². The van der Waals surface area contributed by atoms with Crippen LogP contribution >= 0.6 is 0 Å². The van der Waals surface area contributed by atoms with Gasteiger partial charge in [-0.2, -0.15) is 0 Å². The van der Waals surface area contributed by atoms with E-state index >= 15 is 0 Å². The lowest BCUT2D eigenvalue weighted by Crippen LogP contribution is -2.39. The first kappa shape index (κ1) is 17.0. The second-order valence-electron chi connectivity index (χ2n) is 6.74. The molecule has 2 aliphatic heterocycles. The minimum absolute atomic E-state index is 0.0953. The molecule has 2 aliphatic rings. The molecule has 6 heteroatoms. The Balaban J connectivity index is 1.47. The highest BCUT2D eigenvalue weighted by Crippen LogP contribution is 2.24. The maximum atomic E-state index is 12.9. The molecule has 0 radical (unpaired) electrons. The van der Waals surface area contributed by atoms with Gasteiger partial charge in [0, 0.05) is 25.0 Å². The average molecular weight is 353 g/mol. The van der Waals surface area contributed by atoms with Gasteiger partial charge in [-0.3, -0.25) is 4.98 Å². The number of nitrogens with one attached hydrogen (secondary N) is 1. The van der Waals surface area contributed by atoms with E-state index in [1.165, 1.54) is 5.56 Å². The van der Waals surface area contributed by atoms with Gasteiger partial charge in [0.25, 0.3) is 0 Å². The normalized spacial score (nSPS) is 18.5. The van der Waals surface area contributed by atoms with Crippen molar-refractivity contribution in [2.75, 3.05) is 18.5 Å². The fourth-order valence-corrected chi connectivity index (χ4v) is 3.39. The molecule has 1 atom stereocenters. The number of hydrogen-bond donors (Lipinski definition) is 1. The van der Waals surface area contributed by atoms with Crippen LogP contribution in [0.4, 0.5) is 10.5 Å². The first-order chi connectivity index (χ1) is 12.8. The van der Waals surface area contributed by atoms with E-state index in [0.717, 1.165) is 36.4 Å². The molecule has 0 saturated carbocycles. The molecular weight excluding hydrogens is 330 g/mol. The van der Waals surface area contributed by atoms with Crippen molar-refractivity contribution < 1.29 is 14.3 Å². The van der Waals surface area contributed by atoms with Crippen LogP contribution in [0.2, 0.25) is 0 Å². The minimum Gasteiger partial charge on any atom is -0.376 e. The van der Waals surface area contributed by atoms with Gasteiger partial charge in [-0.25, -0.2) is 4.79 Å². The topological polar surface area (TPSA) is 63.7 Å². The molecule has 6 nitrogen and oxygen atoms in total. The Morgan fingerprint density at radius 1 is 1.23 bits per heavy atom. The molecule has 0 unspecified atom stereocenters. The predicted molar refractivity (Wildman–Crippen MR) is 97.6 cm³/mol. The lowest BCUT2D eigenvalue weighted by molar-refractivity contribution is 0.0816. The van der Waals surface area contributed by atoms with Crippen molar-refractivity contribution in [3.8, 4) is 0 Å². The largest absolute Gasteiger partial charge is 0.376 e. The summed E-state index contributed by atoms with van der Waals surface area (Å²) in [5, 5.41) is 3.01. The summed E-state index contributed by atoms with van der Waals surface area (Å²) in [4.78, 5) is 19.0. The highest BCUT2D eigenvalue weighted by molar-refractivity contribution is 5.89. The predicted octanol–water partition coefficient (Wildman–Crippen LogP) is 3.32. The van der Waals surface area contributed by atoms with Crippen LogP contribution in [0.1, 0.15) is 29.7 Å². The highest BCUT2D eigenvalue weighted by Gasteiger charge is 2.23. The molecule has 1 fully saturated rings. The second kappa shape index (κ2) is 7.85. The van der Waals surface area contributed by atoms with Crippen LogP contribution in [0, 0.1) is 0 Å². The molecule has 4 rings (SSSR count). The number of aromatic nitrogens is 1. The van der Waals surface area contributed by atoms with Crippen LogP contribution in [0.5, 0.6) is 0 Å². The van der Waals surface area contributed by atoms with E-state index in [2.05, 4.69) is 10.3 Å². The highest BCUT2D eigenvalue weighted by atomic mass is 16.5. The minimum atomic E-state index is -0.134. The van der Waals surface area contributed by atoms with Crippen molar-refractivity contribution in [2.45, 2.75) is 38.7 Å². The first-order valence-corrected chi connectivity index (χ1v) is 9.05. The fourth-order valence-electron chi connectivity index (χ4n) is 3.39. The van der Waals surface area contributed by atoms with Gasteiger partial charge >= 0.3 is 6.03 Å². The van der Waals surface area contributed by atoms with Crippen molar-refractivity contribution in [1.29, 1.82) is 0 Å². The van der Waals surface area contributed by atoms with E-state index in [9.17, 15) is 4.79 Å². The van der Waals surface area contributed by atoms with Gasteiger partial charge in [0.05, 0.1) is 31.6 Å². The number of ether oxygens (including phenoxy) is 2. The van der Waals surface area contributed by atoms with E-state index < -0.39 is 0 Å². The Morgan fingerprint density at radius 3 is 2.96 bits per heavy atom. The summed E-state index contributed by atoms with van der Waals surface area (Å²) < 4.78 is 11.2. The van der Waals surface area contributed by atoms with Gasteiger partial charge in [-0.1, -0.05) is 12.1 Å². The van der Waals surface area contributed by atoms with E-state index in [-0.39, 0.29) is 12.1 Å². The number of hydrogen-bond acceptors (Lipinski definition) is 4. The molecule has 1 aromatic heterocycles. The number of carbonyl (C=O) groups is 1. The fraction of sp³-hybridized carbons (Fsp3) is 0.400. The average Bonchev–Trinajstić information content (AvgIpc) is 3.33. The molecule has 136 valence electrons. The van der Waals surface area contributed by atoms with Crippen molar-refractivity contribution in [3.05, 3.63) is 59.4 Å². The summed E-state index contributed by atoms with van der Waals surface area (Å²) in [7, 11) is 0. The van der Waals surface area contributed by atoms with Crippen molar-refractivity contribution in [2.24, 2.45) is 0 Å². The number of fused-ring (bicyclic) bond motifs is 1. The van der Waals surface area contributed by atoms with Gasteiger partial charge < -0.3 is 19.7 Å². The zero-order valence-corrected chi connectivity index (χ0v) is 14.7. The number of anilines is 1.